The first-order chi connectivity index (χ1) is 9.27. The van der Waals surface area contributed by atoms with E-state index in [-0.39, 0.29) is 11.0 Å². The van der Waals surface area contributed by atoms with Crippen molar-refractivity contribution in [3.63, 3.8) is 0 Å². The van der Waals surface area contributed by atoms with E-state index in [1.54, 1.807) is 12.1 Å². The van der Waals surface area contributed by atoms with E-state index in [2.05, 4.69) is 12.2 Å². The Labute approximate surface area is 120 Å². The lowest BCUT2D eigenvalue weighted by atomic mass is 10.1. The molecule has 0 saturated carbocycles. The molecule has 5 nitrogen and oxygen atoms in total. The van der Waals surface area contributed by atoms with Crippen LogP contribution in [-0.4, -0.2) is 27.2 Å². The Balaban J connectivity index is 2.16. The summed E-state index contributed by atoms with van der Waals surface area (Å²) in [5.41, 5.74) is 2.74. The molecule has 1 aromatic rings. The van der Waals surface area contributed by atoms with Gasteiger partial charge in [-0.3, -0.25) is 0 Å². The van der Waals surface area contributed by atoms with Crippen molar-refractivity contribution in [1.82, 2.24) is 0 Å². The molecule has 1 heterocycles. The maximum atomic E-state index is 11.5. The summed E-state index contributed by atoms with van der Waals surface area (Å²) < 4.78 is 28.7. The minimum Gasteiger partial charge on any atom is -0.382 e. The Morgan fingerprint density at radius 2 is 2.05 bits per heavy atom. The topological polar surface area (TPSA) is 81.4 Å². The standard InChI is InChI=1S/C14H22N2O3S/c1-9-6-13(20(15,17)18)7-14(11(9)3)16-8-12-5-4-10(2)19-12/h6-7,10,12,16H,4-5,8H2,1-3H3,(H2,15,17,18). The zero-order valence-electron chi connectivity index (χ0n) is 12.1. The highest BCUT2D eigenvalue weighted by Gasteiger charge is 2.22. The van der Waals surface area contributed by atoms with Crippen LogP contribution < -0.4 is 10.5 Å². The minimum absolute atomic E-state index is 0.142. The first-order valence-electron chi connectivity index (χ1n) is 6.80. The number of ether oxygens (including phenoxy) is 1. The van der Waals surface area contributed by atoms with Crippen molar-refractivity contribution in [3.8, 4) is 0 Å². The molecule has 2 rings (SSSR count). The largest absolute Gasteiger partial charge is 0.382 e. The predicted molar refractivity (Wildman–Crippen MR) is 79.3 cm³/mol. The highest BCUT2D eigenvalue weighted by Crippen LogP contribution is 2.25. The van der Waals surface area contributed by atoms with Crippen LogP contribution in [0.4, 0.5) is 5.69 Å². The van der Waals surface area contributed by atoms with Crippen LogP contribution in [0.3, 0.4) is 0 Å². The lowest BCUT2D eigenvalue weighted by Gasteiger charge is -2.17. The Morgan fingerprint density at radius 1 is 1.35 bits per heavy atom. The number of hydrogen-bond acceptors (Lipinski definition) is 4. The molecule has 2 atom stereocenters. The van der Waals surface area contributed by atoms with Crippen molar-refractivity contribution in [1.29, 1.82) is 0 Å². The van der Waals surface area contributed by atoms with Crippen molar-refractivity contribution in [3.05, 3.63) is 23.3 Å². The average Bonchev–Trinajstić information content (AvgIpc) is 2.75. The van der Waals surface area contributed by atoms with Crippen LogP contribution >= 0.6 is 0 Å². The Kier molecular flexibility index (Phi) is 4.36. The summed E-state index contributed by atoms with van der Waals surface area (Å²) in [6.45, 7) is 6.59. The summed E-state index contributed by atoms with van der Waals surface area (Å²) in [5, 5.41) is 8.48. The molecule has 1 saturated heterocycles. The highest BCUT2D eigenvalue weighted by molar-refractivity contribution is 7.89. The normalized spacial score (nSPS) is 23.0. The van der Waals surface area contributed by atoms with Gasteiger partial charge in [-0.25, -0.2) is 13.6 Å². The molecule has 112 valence electrons. The summed E-state index contributed by atoms with van der Waals surface area (Å²) in [4.78, 5) is 0.142. The average molecular weight is 298 g/mol. The van der Waals surface area contributed by atoms with Crippen LogP contribution in [-0.2, 0) is 14.8 Å². The van der Waals surface area contributed by atoms with Crippen LogP contribution in [0, 0.1) is 13.8 Å². The second kappa shape index (κ2) is 5.71. The lowest BCUT2D eigenvalue weighted by Crippen LogP contribution is -2.21. The van der Waals surface area contributed by atoms with Gasteiger partial charge >= 0.3 is 0 Å². The van der Waals surface area contributed by atoms with Crippen LogP contribution in [0.25, 0.3) is 0 Å². The van der Waals surface area contributed by atoms with Crippen LogP contribution in [0.5, 0.6) is 0 Å². The fraction of sp³-hybridized carbons (Fsp3) is 0.571. The highest BCUT2D eigenvalue weighted by atomic mass is 32.2. The SMILES string of the molecule is Cc1cc(S(N)(=O)=O)cc(NCC2CCC(C)O2)c1C. The second-order valence-corrected chi connectivity index (χ2v) is 7.05. The third kappa shape index (κ3) is 3.50. The molecule has 0 radical (unpaired) electrons. The van der Waals surface area contributed by atoms with Gasteiger partial charge in [-0.1, -0.05) is 0 Å². The number of nitrogens with one attached hydrogen (secondary N) is 1. The van der Waals surface area contributed by atoms with Gasteiger partial charge in [-0.2, -0.15) is 0 Å². The molecule has 0 bridgehead atoms. The van der Waals surface area contributed by atoms with Crippen LogP contribution in [0.15, 0.2) is 17.0 Å². The minimum atomic E-state index is -3.68. The molecule has 1 aromatic carbocycles. The van der Waals surface area contributed by atoms with Gasteiger partial charge in [0.25, 0.3) is 0 Å². The number of benzene rings is 1. The van der Waals surface area contributed by atoms with E-state index in [4.69, 9.17) is 9.88 Å². The first-order valence-corrected chi connectivity index (χ1v) is 8.35. The van der Waals surface area contributed by atoms with E-state index < -0.39 is 10.0 Å². The van der Waals surface area contributed by atoms with Crippen molar-refractivity contribution in [2.75, 3.05) is 11.9 Å². The number of hydrogen-bond donors (Lipinski definition) is 2. The van der Waals surface area contributed by atoms with Gasteiger partial charge in [0.1, 0.15) is 0 Å². The van der Waals surface area contributed by atoms with E-state index in [0.717, 1.165) is 29.7 Å². The van der Waals surface area contributed by atoms with Gasteiger partial charge in [0.15, 0.2) is 0 Å². The molecule has 0 aromatic heterocycles. The summed E-state index contributed by atoms with van der Waals surface area (Å²) in [6.07, 6.45) is 2.59. The van der Waals surface area contributed by atoms with Gasteiger partial charge in [0.2, 0.25) is 10.0 Å². The molecular formula is C14H22N2O3S. The summed E-state index contributed by atoms with van der Waals surface area (Å²) in [7, 11) is -3.68. The molecule has 20 heavy (non-hydrogen) atoms. The molecule has 2 unspecified atom stereocenters. The van der Waals surface area contributed by atoms with E-state index in [0.29, 0.717) is 12.6 Å². The number of rotatable bonds is 4. The maximum Gasteiger partial charge on any atom is 0.238 e. The zero-order valence-corrected chi connectivity index (χ0v) is 13.0. The third-order valence-electron chi connectivity index (χ3n) is 3.81. The van der Waals surface area contributed by atoms with Gasteiger partial charge in [0, 0.05) is 12.2 Å². The fourth-order valence-corrected chi connectivity index (χ4v) is 3.06. The summed E-state index contributed by atoms with van der Waals surface area (Å²) in [6, 6.07) is 3.19. The summed E-state index contributed by atoms with van der Waals surface area (Å²) >= 11 is 0. The molecule has 1 aliphatic heterocycles. The zero-order chi connectivity index (χ0) is 14.9. The Morgan fingerprint density at radius 3 is 2.60 bits per heavy atom. The molecular weight excluding hydrogens is 276 g/mol. The smallest absolute Gasteiger partial charge is 0.238 e. The number of anilines is 1. The van der Waals surface area contributed by atoms with Crippen molar-refractivity contribution >= 4 is 15.7 Å². The second-order valence-electron chi connectivity index (χ2n) is 5.48. The lowest BCUT2D eigenvalue weighted by molar-refractivity contribution is 0.0637. The monoisotopic (exact) mass is 298 g/mol. The molecule has 0 amide bonds. The number of sulfonamides is 1. The first kappa shape index (κ1) is 15.3. The molecule has 6 heteroatoms. The molecule has 1 fully saturated rings. The Hall–Kier alpha value is -1.11. The third-order valence-corrected chi connectivity index (χ3v) is 4.70. The summed E-state index contributed by atoms with van der Waals surface area (Å²) in [5.74, 6) is 0. The van der Waals surface area contributed by atoms with Gasteiger partial charge in [0.05, 0.1) is 17.1 Å². The molecule has 0 spiro atoms. The quantitative estimate of drug-likeness (QED) is 0.890. The number of nitrogens with two attached hydrogens (primary N) is 1. The van der Waals surface area contributed by atoms with Crippen LogP contribution in [0.2, 0.25) is 0 Å². The van der Waals surface area contributed by atoms with Gasteiger partial charge in [-0.05, 0) is 56.9 Å². The van der Waals surface area contributed by atoms with Gasteiger partial charge < -0.3 is 10.1 Å². The van der Waals surface area contributed by atoms with E-state index in [1.807, 2.05) is 13.8 Å². The Bertz CT molecular complexity index is 599. The van der Waals surface area contributed by atoms with E-state index in [1.165, 1.54) is 0 Å². The van der Waals surface area contributed by atoms with Crippen molar-refractivity contribution < 1.29 is 13.2 Å². The van der Waals surface area contributed by atoms with Crippen molar-refractivity contribution in [2.24, 2.45) is 5.14 Å². The number of primary sulfonamides is 1. The molecule has 3 N–H and O–H groups in total. The number of aryl methyl sites for hydroxylation is 1. The van der Waals surface area contributed by atoms with Crippen molar-refractivity contribution in [2.45, 2.75) is 50.7 Å². The van der Waals surface area contributed by atoms with Gasteiger partial charge in [-0.15, -0.1) is 0 Å². The predicted octanol–water partition coefficient (Wildman–Crippen LogP) is 1.93. The maximum absolute atomic E-state index is 11.5. The fourth-order valence-electron chi connectivity index (χ4n) is 2.43. The van der Waals surface area contributed by atoms with E-state index in [9.17, 15) is 8.42 Å². The molecule has 0 aliphatic carbocycles. The van der Waals surface area contributed by atoms with E-state index >= 15 is 0 Å². The van der Waals surface area contributed by atoms with Crippen LogP contribution in [0.1, 0.15) is 30.9 Å². The molecule has 1 aliphatic rings.